The molecule has 2 aliphatic rings. The Kier molecular flexibility index (Phi) is 4.32. The minimum absolute atomic E-state index is 0.205. The molecule has 21 heavy (non-hydrogen) atoms. The first kappa shape index (κ1) is 15.0. The van der Waals surface area contributed by atoms with E-state index in [0.29, 0.717) is 11.8 Å². The van der Waals surface area contributed by atoms with Crippen LogP contribution in [0.25, 0.3) is 0 Å². The molecule has 2 atom stereocenters. The van der Waals surface area contributed by atoms with Crippen LogP contribution in [-0.4, -0.2) is 18.2 Å². The molecule has 1 aliphatic heterocycles. The van der Waals surface area contributed by atoms with E-state index in [9.17, 15) is 0 Å². The van der Waals surface area contributed by atoms with Crippen LogP contribution in [0.15, 0.2) is 24.4 Å². The number of hydrogen-bond donors (Lipinski definition) is 0. The molecule has 0 radical (unpaired) electrons. The molecule has 3 rings (SSSR count). The van der Waals surface area contributed by atoms with Gasteiger partial charge in [0.25, 0.3) is 0 Å². The van der Waals surface area contributed by atoms with Gasteiger partial charge in [0, 0.05) is 11.6 Å². The zero-order valence-electron chi connectivity index (χ0n) is 13.4. The van der Waals surface area contributed by atoms with Gasteiger partial charge in [-0.3, -0.25) is 4.98 Å². The average molecular weight is 289 g/mol. The van der Waals surface area contributed by atoms with Gasteiger partial charge in [-0.15, -0.1) is 0 Å². The fraction of sp³-hybridized carbons (Fsp3) is 0.722. The Morgan fingerprint density at radius 2 is 1.95 bits per heavy atom. The van der Waals surface area contributed by atoms with Gasteiger partial charge < -0.3 is 9.47 Å². The molecule has 0 amide bonds. The van der Waals surface area contributed by atoms with Crippen molar-refractivity contribution in [3.8, 4) is 0 Å². The Morgan fingerprint density at radius 1 is 1.19 bits per heavy atom. The van der Waals surface area contributed by atoms with Crippen LogP contribution in [0.1, 0.15) is 52.0 Å². The molecular weight excluding hydrogens is 262 g/mol. The van der Waals surface area contributed by atoms with Crippen LogP contribution in [-0.2, 0) is 9.47 Å². The lowest BCUT2D eigenvalue weighted by atomic mass is 9.60. The number of pyridine rings is 1. The molecule has 1 aromatic heterocycles. The Labute approximate surface area is 128 Å². The monoisotopic (exact) mass is 289 g/mol. The lowest BCUT2D eigenvalue weighted by molar-refractivity contribution is -0.260. The summed E-state index contributed by atoms with van der Waals surface area (Å²) in [6.07, 6.45) is 5.38. The zero-order chi connectivity index (χ0) is 14.9. The van der Waals surface area contributed by atoms with Gasteiger partial charge in [-0.1, -0.05) is 33.3 Å². The lowest BCUT2D eigenvalue weighted by Crippen LogP contribution is -2.49. The van der Waals surface area contributed by atoms with Crippen molar-refractivity contribution in [3.63, 3.8) is 0 Å². The number of nitrogens with zero attached hydrogens (tertiary/aromatic N) is 1. The summed E-state index contributed by atoms with van der Waals surface area (Å²) in [4.78, 5) is 4.36. The molecule has 2 heterocycles. The maximum absolute atomic E-state index is 6.10. The van der Waals surface area contributed by atoms with Crippen molar-refractivity contribution in [3.05, 3.63) is 30.1 Å². The first-order valence-corrected chi connectivity index (χ1v) is 8.25. The molecule has 1 saturated heterocycles. The van der Waals surface area contributed by atoms with Gasteiger partial charge in [-0.25, -0.2) is 0 Å². The van der Waals surface area contributed by atoms with E-state index in [2.05, 4.69) is 25.8 Å². The van der Waals surface area contributed by atoms with E-state index < -0.39 is 0 Å². The van der Waals surface area contributed by atoms with Gasteiger partial charge in [-0.05, 0) is 42.7 Å². The molecule has 0 unspecified atom stereocenters. The molecule has 116 valence electrons. The summed E-state index contributed by atoms with van der Waals surface area (Å²) in [6.45, 7) is 8.66. The highest BCUT2D eigenvalue weighted by molar-refractivity contribution is 5.06. The molecular formula is C18H27NO2. The molecule has 3 heteroatoms. The smallest absolute Gasteiger partial charge is 0.201 e. The molecule has 0 bridgehead atoms. The Morgan fingerprint density at radius 3 is 2.57 bits per heavy atom. The van der Waals surface area contributed by atoms with Gasteiger partial charge in [0.1, 0.15) is 0 Å². The summed E-state index contributed by atoms with van der Waals surface area (Å²) in [5.74, 6) is 2.17. The number of rotatable bonds is 2. The molecule has 0 N–H and O–H groups in total. The molecule has 1 spiro atoms. The maximum atomic E-state index is 6.10. The SMILES string of the molecule is CC(C)[C@@H]1CC[C@@H](C)CC12COC(c1ccccn1)OC2. The third kappa shape index (κ3) is 3.00. The van der Waals surface area contributed by atoms with Crippen molar-refractivity contribution in [1.82, 2.24) is 4.98 Å². The van der Waals surface area contributed by atoms with Gasteiger partial charge in [-0.2, -0.15) is 0 Å². The number of ether oxygens (including phenoxy) is 2. The normalized spacial score (nSPS) is 37.0. The third-order valence-corrected chi connectivity index (χ3v) is 5.29. The minimum Gasteiger partial charge on any atom is -0.346 e. The van der Waals surface area contributed by atoms with E-state index >= 15 is 0 Å². The average Bonchev–Trinajstić information content (AvgIpc) is 2.48. The van der Waals surface area contributed by atoms with Crippen LogP contribution in [0, 0.1) is 23.2 Å². The largest absolute Gasteiger partial charge is 0.346 e. The second-order valence-corrected chi connectivity index (χ2v) is 7.31. The van der Waals surface area contributed by atoms with E-state index in [0.717, 1.165) is 24.8 Å². The quantitative estimate of drug-likeness (QED) is 0.817. The molecule has 1 aromatic rings. The molecule has 1 saturated carbocycles. The highest BCUT2D eigenvalue weighted by Crippen LogP contribution is 2.50. The van der Waals surface area contributed by atoms with E-state index in [4.69, 9.17) is 9.47 Å². The predicted molar refractivity (Wildman–Crippen MR) is 82.7 cm³/mol. The van der Waals surface area contributed by atoms with Crippen LogP contribution >= 0.6 is 0 Å². The molecule has 2 fully saturated rings. The predicted octanol–water partition coefficient (Wildman–Crippen LogP) is 4.21. The zero-order valence-corrected chi connectivity index (χ0v) is 13.4. The number of hydrogen-bond acceptors (Lipinski definition) is 3. The van der Waals surface area contributed by atoms with Crippen molar-refractivity contribution in [2.45, 2.75) is 46.3 Å². The fourth-order valence-corrected chi connectivity index (χ4v) is 4.35. The van der Waals surface area contributed by atoms with Gasteiger partial charge in [0.2, 0.25) is 6.29 Å². The van der Waals surface area contributed by atoms with Crippen LogP contribution in [0.3, 0.4) is 0 Å². The van der Waals surface area contributed by atoms with Crippen molar-refractivity contribution < 1.29 is 9.47 Å². The Bertz CT molecular complexity index is 452. The van der Waals surface area contributed by atoms with Crippen LogP contribution in [0.4, 0.5) is 0 Å². The van der Waals surface area contributed by atoms with E-state index in [-0.39, 0.29) is 11.7 Å². The molecule has 0 aromatic carbocycles. The summed E-state index contributed by atoms with van der Waals surface area (Å²) in [5.41, 5.74) is 1.09. The first-order valence-electron chi connectivity index (χ1n) is 8.25. The van der Waals surface area contributed by atoms with Crippen LogP contribution in [0.5, 0.6) is 0 Å². The maximum Gasteiger partial charge on any atom is 0.201 e. The second-order valence-electron chi connectivity index (χ2n) is 7.31. The van der Waals surface area contributed by atoms with Crippen LogP contribution in [0.2, 0.25) is 0 Å². The summed E-state index contributed by atoms with van der Waals surface area (Å²) < 4.78 is 12.2. The highest BCUT2D eigenvalue weighted by Gasteiger charge is 2.47. The minimum atomic E-state index is -0.290. The van der Waals surface area contributed by atoms with Crippen molar-refractivity contribution in [2.24, 2.45) is 23.2 Å². The van der Waals surface area contributed by atoms with E-state index in [1.165, 1.54) is 19.3 Å². The Balaban J connectivity index is 1.73. The second kappa shape index (κ2) is 6.05. The van der Waals surface area contributed by atoms with Crippen molar-refractivity contribution in [2.75, 3.05) is 13.2 Å². The summed E-state index contributed by atoms with van der Waals surface area (Å²) in [7, 11) is 0. The third-order valence-electron chi connectivity index (χ3n) is 5.29. The van der Waals surface area contributed by atoms with Crippen molar-refractivity contribution >= 4 is 0 Å². The number of aromatic nitrogens is 1. The van der Waals surface area contributed by atoms with Gasteiger partial charge in [0.15, 0.2) is 0 Å². The first-order chi connectivity index (χ1) is 10.1. The van der Waals surface area contributed by atoms with E-state index in [1.54, 1.807) is 6.20 Å². The fourth-order valence-electron chi connectivity index (χ4n) is 4.35. The van der Waals surface area contributed by atoms with Crippen molar-refractivity contribution in [1.29, 1.82) is 0 Å². The lowest BCUT2D eigenvalue weighted by Gasteiger charge is -2.51. The summed E-state index contributed by atoms with van der Waals surface area (Å²) in [5, 5.41) is 0. The van der Waals surface area contributed by atoms with Crippen LogP contribution < -0.4 is 0 Å². The summed E-state index contributed by atoms with van der Waals surface area (Å²) >= 11 is 0. The Hall–Kier alpha value is -0.930. The standard InChI is InChI=1S/C18H27NO2/c1-13(2)15-8-7-14(3)10-18(15)11-20-17(21-12-18)16-6-4-5-9-19-16/h4-6,9,13-15,17H,7-8,10-12H2,1-3H3/t14-,15+,17?,18?/m1/s1. The highest BCUT2D eigenvalue weighted by atomic mass is 16.7. The van der Waals surface area contributed by atoms with Gasteiger partial charge in [0.05, 0.1) is 18.9 Å². The molecule has 1 aliphatic carbocycles. The molecule has 3 nitrogen and oxygen atoms in total. The van der Waals surface area contributed by atoms with E-state index in [1.807, 2.05) is 18.2 Å². The topological polar surface area (TPSA) is 31.4 Å². The van der Waals surface area contributed by atoms with Gasteiger partial charge >= 0.3 is 0 Å². The summed E-state index contributed by atoms with van der Waals surface area (Å²) in [6, 6.07) is 5.89.